The van der Waals surface area contributed by atoms with Gasteiger partial charge >= 0.3 is 0 Å². The first-order valence-corrected chi connectivity index (χ1v) is 13.2. The molecule has 162 valence electrons. The van der Waals surface area contributed by atoms with Crippen LogP contribution in [-0.2, 0) is 22.7 Å². The van der Waals surface area contributed by atoms with Crippen molar-refractivity contribution in [3.05, 3.63) is 17.5 Å². The summed E-state index contributed by atoms with van der Waals surface area (Å²) in [4.78, 5) is 8.63. The molecule has 3 saturated carbocycles. The van der Waals surface area contributed by atoms with Crippen LogP contribution in [0.1, 0.15) is 63.6 Å². The van der Waals surface area contributed by atoms with Gasteiger partial charge in [0.05, 0.1) is 0 Å². The van der Waals surface area contributed by atoms with E-state index in [0.29, 0.717) is 23.7 Å². The largest absolute Gasteiger partial charge is 0.377 e. The zero-order chi connectivity index (χ0) is 21.5. The minimum absolute atomic E-state index is 0.0495. The number of fused-ring (bicyclic) bond motifs is 6. The van der Waals surface area contributed by atoms with Crippen LogP contribution >= 0.6 is 0 Å². The summed E-state index contributed by atoms with van der Waals surface area (Å²) in [6, 6.07) is 0. The fraction of sp³-hybridized carbons (Fsp3) is 0.750. The van der Waals surface area contributed by atoms with Crippen LogP contribution in [0.15, 0.2) is 11.4 Å². The molecule has 0 aromatic carbocycles. The number of terminal acetylenes is 1. The highest BCUT2D eigenvalue weighted by atomic mass is 32.2. The van der Waals surface area contributed by atoms with Crippen LogP contribution < -0.4 is 0 Å². The van der Waals surface area contributed by atoms with E-state index < -0.39 is 15.4 Å². The van der Waals surface area contributed by atoms with Gasteiger partial charge in [0.25, 0.3) is 0 Å². The first-order chi connectivity index (χ1) is 14.0. The molecule has 1 aromatic heterocycles. The molecule has 5 rings (SSSR count). The molecule has 4 unspecified atom stereocenters. The van der Waals surface area contributed by atoms with E-state index in [1.54, 1.807) is 6.20 Å². The first kappa shape index (κ1) is 20.5. The molecule has 5 nitrogen and oxygen atoms in total. The van der Waals surface area contributed by atoms with Gasteiger partial charge in [-0.1, -0.05) is 19.8 Å². The Labute approximate surface area is 180 Å². The topological polar surface area (TPSA) is 80.2 Å². The van der Waals surface area contributed by atoms with Crippen LogP contribution in [-0.4, -0.2) is 35.3 Å². The third kappa shape index (κ3) is 2.61. The monoisotopic (exact) mass is 428 g/mol. The molecule has 0 aliphatic heterocycles. The molecule has 30 heavy (non-hydrogen) atoms. The van der Waals surface area contributed by atoms with E-state index in [1.807, 2.05) is 0 Å². The predicted molar refractivity (Wildman–Crippen MR) is 114 cm³/mol. The van der Waals surface area contributed by atoms with Gasteiger partial charge in [0.1, 0.15) is 5.60 Å². The number of sulfone groups is 1. The van der Waals surface area contributed by atoms with Gasteiger partial charge in [0.2, 0.25) is 15.0 Å². The van der Waals surface area contributed by atoms with Crippen molar-refractivity contribution in [1.82, 2.24) is 9.97 Å². The Morgan fingerprint density at radius 1 is 1.17 bits per heavy atom. The zero-order valence-electron chi connectivity index (χ0n) is 18.2. The molecule has 3 fully saturated rings. The molecule has 4 aliphatic carbocycles. The second kappa shape index (κ2) is 6.29. The number of hydrogen-bond donors (Lipinski definition) is 1. The smallest absolute Gasteiger partial charge is 0.246 e. The van der Waals surface area contributed by atoms with Gasteiger partial charge in [-0.25, -0.2) is 18.4 Å². The molecule has 7 atom stereocenters. The Morgan fingerprint density at radius 3 is 2.60 bits per heavy atom. The van der Waals surface area contributed by atoms with Gasteiger partial charge in [-0.15, -0.1) is 6.42 Å². The molecule has 0 radical (unpaired) electrons. The molecular formula is C24H32N2O3S. The summed E-state index contributed by atoms with van der Waals surface area (Å²) >= 11 is 0. The Hall–Kier alpha value is -1.45. The Kier molecular flexibility index (Phi) is 4.29. The average Bonchev–Trinajstić information content (AvgIpc) is 2.96. The van der Waals surface area contributed by atoms with Gasteiger partial charge in [-0.2, -0.15) is 0 Å². The molecule has 0 saturated heterocycles. The van der Waals surface area contributed by atoms with Gasteiger partial charge in [-0.3, -0.25) is 0 Å². The first-order valence-electron chi connectivity index (χ1n) is 11.3. The van der Waals surface area contributed by atoms with Crippen molar-refractivity contribution in [3.8, 4) is 12.3 Å². The van der Waals surface area contributed by atoms with Crippen molar-refractivity contribution >= 4 is 9.84 Å². The summed E-state index contributed by atoms with van der Waals surface area (Å²) in [5.41, 5.74) is 1.07. The molecule has 4 aliphatic rings. The van der Waals surface area contributed by atoms with Crippen LogP contribution in [0.2, 0.25) is 0 Å². The molecular weight excluding hydrogens is 396 g/mol. The predicted octanol–water partition coefficient (Wildman–Crippen LogP) is 3.20. The van der Waals surface area contributed by atoms with Gasteiger partial charge < -0.3 is 5.11 Å². The van der Waals surface area contributed by atoms with Crippen molar-refractivity contribution < 1.29 is 13.5 Å². The number of aliphatic hydroxyl groups is 1. The van der Waals surface area contributed by atoms with Crippen LogP contribution in [0.5, 0.6) is 0 Å². The van der Waals surface area contributed by atoms with Crippen molar-refractivity contribution in [2.75, 3.05) is 6.26 Å². The maximum Gasteiger partial charge on any atom is 0.246 e. The summed E-state index contributed by atoms with van der Waals surface area (Å²) in [5.74, 6) is 4.98. The zero-order valence-corrected chi connectivity index (χ0v) is 19.0. The summed E-state index contributed by atoms with van der Waals surface area (Å²) in [6.07, 6.45) is 16.6. The lowest BCUT2D eigenvalue weighted by atomic mass is 9.44. The summed E-state index contributed by atoms with van der Waals surface area (Å²) in [5, 5.41) is 11.1. The highest BCUT2D eigenvalue weighted by Gasteiger charge is 2.64. The fourth-order valence-electron chi connectivity index (χ4n) is 7.97. The Bertz CT molecular complexity index is 1050. The van der Waals surface area contributed by atoms with E-state index in [-0.39, 0.29) is 16.0 Å². The fourth-order valence-corrected chi connectivity index (χ4v) is 8.49. The molecule has 1 N–H and O–H groups in total. The van der Waals surface area contributed by atoms with E-state index in [2.05, 4.69) is 29.7 Å². The van der Waals surface area contributed by atoms with E-state index in [0.717, 1.165) is 56.2 Å². The maximum absolute atomic E-state index is 11.9. The number of aromatic nitrogens is 2. The number of nitrogens with zero attached hydrogens (tertiary/aromatic N) is 2. The van der Waals surface area contributed by atoms with Crippen LogP contribution in [0.25, 0.3) is 0 Å². The minimum atomic E-state index is -3.39. The maximum atomic E-state index is 11.9. The molecule has 1 heterocycles. The third-order valence-corrected chi connectivity index (χ3v) is 10.6. The highest BCUT2D eigenvalue weighted by Crippen LogP contribution is 2.67. The average molecular weight is 429 g/mol. The van der Waals surface area contributed by atoms with Crippen molar-refractivity contribution in [3.63, 3.8) is 0 Å². The lowest BCUT2D eigenvalue weighted by molar-refractivity contribution is -0.127. The SMILES string of the molecule is C#C[C@]1(O)CCC2C3CCC4Cc5nc(S(C)(=O)=O)ncc5C[C@]4(C)C3CC[C@@]21C. The lowest BCUT2D eigenvalue weighted by Crippen LogP contribution is -2.56. The number of hydrogen-bond acceptors (Lipinski definition) is 5. The standard InChI is InChI=1S/C24H32N2O3S/c1-5-24(27)11-9-19-17-7-6-16-12-20-15(14-25-21(26-20)30(4,28)29)13-22(16,2)18(17)8-10-23(19,24)3/h1,14,16-19,27H,6-13H2,2-4H3/t16?,17?,18?,19?,22-,23-,24-/m0/s1. The van der Waals surface area contributed by atoms with Crippen LogP contribution in [0.3, 0.4) is 0 Å². The minimum Gasteiger partial charge on any atom is -0.377 e. The third-order valence-electron chi connectivity index (χ3n) is 9.73. The second-order valence-electron chi connectivity index (χ2n) is 10.9. The van der Waals surface area contributed by atoms with Crippen molar-refractivity contribution in [2.24, 2.45) is 34.5 Å². The normalized spacial score (nSPS) is 44.9. The van der Waals surface area contributed by atoms with Gasteiger partial charge in [-0.05, 0) is 86.0 Å². The summed E-state index contributed by atoms with van der Waals surface area (Å²) in [7, 11) is -3.39. The van der Waals surface area contributed by atoms with E-state index in [1.165, 1.54) is 12.7 Å². The Balaban J connectivity index is 1.48. The highest BCUT2D eigenvalue weighted by molar-refractivity contribution is 7.90. The van der Waals surface area contributed by atoms with E-state index >= 15 is 0 Å². The molecule has 6 heteroatoms. The van der Waals surface area contributed by atoms with Crippen LogP contribution in [0.4, 0.5) is 0 Å². The van der Waals surface area contributed by atoms with E-state index in [9.17, 15) is 13.5 Å². The van der Waals surface area contributed by atoms with Crippen molar-refractivity contribution in [1.29, 1.82) is 0 Å². The molecule has 1 aromatic rings. The second-order valence-corrected chi connectivity index (χ2v) is 12.8. The quantitative estimate of drug-likeness (QED) is 0.549. The lowest BCUT2D eigenvalue weighted by Gasteiger charge is -2.60. The van der Waals surface area contributed by atoms with Gasteiger partial charge in [0.15, 0.2) is 0 Å². The van der Waals surface area contributed by atoms with Crippen LogP contribution in [0, 0.1) is 46.8 Å². The van der Waals surface area contributed by atoms with E-state index in [4.69, 9.17) is 6.42 Å². The van der Waals surface area contributed by atoms with Crippen molar-refractivity contribution in [2.45, 2.75) is 76.0 Å². The number of rotatable bonds is 1. The Morgan fingerprint density at radius 2 is 1.90 bits per heavy atom. The molecule has 0 amide bonds. The molecule has 0 bridgehead atoms. The summed E-state index contributed by atoms with van der Waals surface area (Å²) < 4.78 is 23.8. The summed E-state index contributed by atoms with van der Waals surface area (Å²) in [6.45, 7) is 4.67. The molecule has 0 spiro atoms. The van der Waals surface area contributed by atoms with Gasteiger partial charge in [0, 0.05) is 23.6 Å².